The number of aryl methyl sites for hydroxylation is 1. The van der Waals surface area contributed by atoms with Crippen molar-refractivity contribution >= 4 is 11.6 Å². The Kier molecular flexibility index (Phi) is 6.05. The molecule has 29 heavy (non-hydrogen) atoms. The Morgan fingerprint density at radius 2 is 1.97 bits per heavy atom. The zero-order valence-electron chi connectivity index (χ0n) is 16.2. The van der Waals surface area contributed by atoms with Crippen molar-refractivity contribution in [2.45, 2.75) is 19.9 Å². The Morgan fingerprint density at radius 1 is 1.17 bits per heavy atom. The van der Waals surface area contributed by atoms with Crippen LogP contribution in [0.5, 0.6) is 5.75 Å². The molecule has 0 fully saturated rings. The summed E-state index contributed by atoms with van der Waals surface area (Å²) < 4.78 is 6.51. The highest BCUT2D eigenvalue weighted by Crippen LogP contribution is 2.20. The van der Waals surface area contributed by atoms with Crippen LogP contribution in [-0.2, 0) is 17.8 Å². The number of methoxy groups -OCH3 is 1. The van der Waals surface area contributed by atoms with E-state index in [0.29, 0.717) is 34.7 Å². The van der Waals surface area contributed by atoms with E-state index in [1.165, 1.54) is 0 Å². The Hall–Kier alpha value is -3.92. The predicted molar refractivity (Wildman–Crippen MR) is 109 cm³/mol. The topological polar surface area (TPSA) is 97.0 Å². The smallest absolute Gasteiger partial charge is 0.270 e. The highest BCUT2D eigenvalue weighted by molar-refractivity contribution is 5.90. The van der Waals surface area contributed by atoms with Gasteiger partial charge in [0.25, 0.3) is 5.56 Å². The van der Waals surface area contributed by atoms with Gasteiger partial charge in [0.2, 0.25) is 5.91 Å². The Balaban J connectivity index is 1.82. The number of rotatable bonds is 6. The van der Waals surface area contributed by atoms with E-state index in [1.54, 1.807) is 44.4 Å². The summed E-state index contributed by atoms with van der Waals surface area (Å²) in [7, 11) is 1.58. The molecule has 0 bridgehead atoms. The molecule has 7 nitrogen and oxygen atoms in total. The number of carbonyl (C=O) groups excluding carboxylic acids is 1. The highest BCUT2D eigenvalue weighted by atomic mass is 16.5. The Morgan fingerprint density at radius 3 is 2.72 bits per heavy atom. The van der Waals surface area contributed by atoms with Gasteiger partial charge in [-0.2, -0.15) is 10.4 Å². The second-order valence-electron chi connectivity index (χ2n) is 6.50. The van der Waals surface area contributed by atoms with Crippen molar-refractivity contribution in [3.05, 3.63) is 87.3 Å². The van der Waals surface area contributed by atoms with E-state index in [2.05, 4.69) is 10.4 Å². The number of benzene rings is 2. The molecule has 1 N–H and O–H groups in total. The highest BCUT2D eigenvalue weighted by Gasteiger charge is 2.13. The van der Waals surface area contributed by atoms with Gasteiger partial charge < -0.3 is 10.1 Å². The maximum Gasteiger partial charge on any atom is 0.270 e. The van der Waals surface area contributed by atoms with Crippen LogP contribution in [0.2, 0.25) is 0 Å². The number of nitriles is 1. The van der Waals surface area contributed by atoms with Gasteiger partial charge >= 0.3 is 0 Å². The maximum absolute atomic E-state index is 12.9. The molecule has 0 aliphatic heterocycles. The van der Waals surface area contributed by atoms with Crippen molar-refractivity contribution in [1.82, 2.24) is 9.78 Å². The second-order valence-corrected chi connectivity index (χ2v) is 6.50. The van der Waals surface area contributed by atoms with Crippen LogP contribution in [0.1, 0.15) is 22.4 Å². The lowest BCUT2D eigenvalue weighted by molar-refractivity contribution is -0.117. The molecule has 2 aromatic carbocycles. The summed E-state index contributed by atoms with van der Waals surface area (Å²) in [6.07, 6.45) is 0.373. The number of nitrogens with zero attached hydrogens (tertiary/aromatic N) is 3. The van der Waals surface area contributed by atoms with Crippen molar-refractivity contribution < 1.29 is 9.53 Å². The van der Waals surface area contributed by atoms with Gasteiger partial charge in [-0.15, -0.1) is 0 Å². The van der Waals surface area contributed by atoms with Crippen molar-refractivity contribution in [2.75, 3.05) is 12.4 Å². The van der Waals surface area contributed by atoms with Crippen LogP contribution in [0.4, 0.5) is 5.69 Å². The van der Waals surface area contributed by atoms with E-state index in [1.807, 2.05) is 30.3 Å². The average molecular weight is 388 g/mol. The first-order chi connectivity index (χ1) is 14.0. The third-order valence-corrected chi connectivity index (χ3v) is 4.31. The number of hydrogen-bond acceptors (Lipinski definition) is 5. The van der Waals surface area contributed by atoms with Gasteiger partial charge in [-0.3, -0.25) is 9.59 Å². The fourth-order valence-electron chi connectivity index (χ4n) is 3.04. The Bertz CT molecular complexity index is 1150. The van der Waals surface area contributed by atoms with Gasteiger partial charge in [0, 0.05) is 17.7 Å². The standard InChI is InChI=1S/C22H20N4O3/c1-15-10-18(12-17-7-3-4-9-20(17)29-2)22(28)26(25-15)14-21(27)24-19-8-5-6-16(11-19)13-23/h3-11H,12,14H2,1-2H3,(H,24,27). The molecule has 0 atom stereocenters. The summed E-state index contributed by atoms with van der Waals surface area (Å²) >= 11 is 0. The lowest BCUT2D eigenvalue weighted by atomic mass is 10.1. The van der Waals surface area contributed by atoms with Gasteiger partial charge in [-0.1, -0.05) is 24.3 Å². The van der Waals surface area contributed by atoms with E-state index >= 15 is 0 Å². The second kappa shape index (κ2) is 8.85. The van der Waals surface area contributed by atoms with Crippen molar-refractivity contribution in [1.29, 1.82) is 5.26 Å². The minimum absolute atomic E-state index is 0.226. The lowest BCUT2D eigenvalue weighted by Crippen LogP contribution is -2.32. The fraction of sp³-hybridized carbons (Fsp3) is 0.182. The summed E-state index contributed by atoms with van der Waals surface area (Å²) in [6, 6.07) is 17.8. The van der Waals surface area contributed by atoms with E-state index < -0.39 is 5.91 Å². The van der Waals surface area contributed by atoms with Crippen LogP contribution in [0.15, 0.2) is 59.4 Å². The molecule has 0 aliphatic rings. The number of carbonyl (C=O) groups is 1. The number of ether oxygens (including phenoxy) is 1. The first kappa shape index (κ1) is 19.8. The molecule has 1 aromatic heterocycles. The monoisotopic (exact) mass is 388 g/mol. The molecule has 3 aromatic rings. The lowest BCUT2D eigenvalue weighted by Gasteiger charge is -2.11. The average Bonchev–Trinajstić information content (AvgIpc) is 2.72. The van der Waals surface area contributed by atoms with Crippen molar-refractivity contribution in [3.63, 3.8) is 0 Å². The summed E-state index contributed by atoms with van der Waals surface area (Å²) in [6.45, 7) is 1.55. The van der Waals surface area contributed by atoms with Gasteiger partial charge in [-0.05, 0) is 42.8 Å². The minimum atomic E-state index is -0.400. The van der Waals surface area contributed by atoms with Crippen LogP contribution in [0.3, 0.4) is 0 Å². The largest absolute Gasteiger partial charge is 0.496 e. The molecule has 0 spiro atoms. The first-order valence-electron chi connectivity index (χ1n) is 8.99. The number of hydrogen-bond donors (Lipinski definition) is 1. The van der Waals surface area contributed by atoms with Gasteiger partial charge in [-0.25, -0.2) is 4.68 Å². The molecule has 0 aliphatic carbocycles. The zero-order valence-corrected chi connectivity index (χ0v) is 16.2. The summed E-state index contributed by atoms with van der Waals surface area (Å²) in [5, 5.41) is 15.8. The molecule has 3 rings (SSSR count). The SMILES string of the molecule is COc1ccccc1Cc1cc(C)nn(CC(=O)Nc2cccc(C#N)c2)c1=O. The molecule has 0 radical (unpaired) electrons. The fourth-order valence-corrected chi connectivity index (χ4v) is 3.04. The molecule has 0 saturated heterocycles. The van der Waals surface area contributed by atoms with Gasteiger partial charge in [0.05, 0.1) is 24.4 Å². The third kappa shape index (κ3) is 4.87. The number of nitrogens with one attached hydrogen (secondary N) is 1. The number of anilines is 1. The number of aromatic nitrogens is 2. The summed E-state index contributed by atoms with van der Waals surface area (Å²) in [4.78, 5) is 25.3. The Labute approximate surface area is 168 Å². The van der Waals surface area contributed by atoms with Crippen LogP contribution in [0.25, 0.3) is 0 Å². The van der Waals surface area contributed by atoms with Crippen LogP contribution < -0.4 is 15.6 Å². The molecular formula is C22H20N4O3. The van der Waals surface area contributed by atoms with E-state index in [4.69, 9.17) is 10.00 Å². The van der Waals surface area contributed by atoms with E-state index in [0.717, 1.165) is 10.2 Å². The van der Waals surface area contributed by atoms with Crippen LogP contribution >= 0.6 is 0 Å². The van der Waals surface area contributed by atoms with Crippen molar-refractivity contribution in [2.24, 2.45) is 0 Å². The molecule has 0 unspecified atom stereocenters. The summed E-state index contributed by atoms with van der Waals surface area (Å²) in [5.41, 5.74) is 2.64. The molecule has 0 saturated carbocycles. The number of amides is 1. The third-order valence-electron chi connectivity index (χ3n) is 4.31. The molecule has 1 amide bonds. The van der Waals surface area contributed by atoms with E-state index in [-0.39, 0.29) is 12.1 Å². The predicted octanol–water partition coefficient (Wildman–Crippen LogP) is 2.66. The number of para-hydroxylation sites is 1. The quantitative estimate of drug-likeness (QED) is 0.700. The summed E-state index contributed by atoms with van der Waals surface area (Å²) in [5.74, 6) is 0.298. The van der Waals surface area contributed by atoms with E-state index in [9.17, 15) is 9.59 Å². The molecule has 146 valence electrons. The van der Waals surface area contributed by atoms with Crippen LogP contribution in [0, 0.1) is 18.3 Å². The van der Waals surface area contributed by atoms with Crippen LogP contribution in [-0.4, -0.2) is 22.8 Å². The zero-order chi connectivity index (χ0) is 20.8. The molecular weight excluding hydrogens is 368 g/mol. The van der Waals surface area contributed by atoms with Gasteiger partial charge in [0.15, 0.2) is 0 Å². The first-order valence-corrected chi connectivity index (χ1v) is 8.99. The normalized spacial score (nSPS) is 10.2. The molecule has 1 heterocycles. The van der Waals surface area contributed by atoms with Crippen molar-refractivity contribution in [3.8, 4) is 11.8 Å². The van der Waals surface area contributed by atoms with Gasteiger partial charge in [0.1, 0.15) is 12.3 Å². The minimum Gasteiger partial charge on any atom is -0.496 e. The molecule has 7 heteroatoms. The maximum atomic E-state index is 12.9.